The van der Waals surface area contributed by atoms with Crippen LogP contribution in [0.1, 0.15) is 31.0 Å². The van der Waals surface area contributed by atoms with Crippen molar-refractivity contribution >= 4 is 37.2 Å². The van der Waals surface area contributed by atoms with Crippen LogP contribution in [-0.4, -0.2) is 28.1 Å². The van der Waals surface area contributed by atoms with E-state index < -0.39 is 0 Å². The molecule has 1 rings (SSSR count). The summed E-state index contributed by atoms with van der Waals surface area (Å²) < 4.78 is 4.95. The maximum Gasteiger partial charge on any atom is 0.173 e. The molecule has 0 radical (unpaired) electrons. The summed E-state index contributed by atoms with van der Waals surface area (Å²) in [6, 6.07) is 2.17. The highest BCUT2D eigenvalue weighted by molar-refractivity contribution is 9.18. The molecule has 0 bridgehead atoms. The molecule has 0 aromatic carbocycles. The topological polar surface area (TPSA) is 52.3 Å². The van der Waals surface area contributed by atoms with Crippen LogP contribution < -0.4 is 0 Å². The lowest BCUT2D eigenvalue weighted by Crippen LogP contribution is -2.14. The van der Waals surface area contributed by atoms with Gasteiger partial charge < -0.3 is 4.90 Å². The average molecular weight is 301 g/mol. The van der Waals surface area contributed by atoms with Crippen LogP contribution in [0.25, 0.3) is 0 Å². The van der Waals surface area contributed by atoms with Gasteiger partial charge in [0, 0.05) is 14.1 Å². The molecule has 0 amide bonds. The summed E-state index contributed by atoms with van der Waals surface area (Å²) in [6.45, 7) is 4.04. The summed E-state index contributed by atoms with van der Waals surface area (Å²) in [4.78, 5) is 6.15. The average Bonchev–Trinajstić information content (AvgIpc) is 2.60. The number of nitriles is 1. The standard InChI is InChI=1S/C10H13BrN4S/c1-6(2)8-7(5-12)9(16-14-8)13-10(11)15(3)4/h6H,1-4H3. The zero-order valence-electron chi connectivity index (χ0n) is 9.65. The summed E-state index contributed by atoms with van der Waals surface area (Å²) in [5, 5.41) is 9.77. The minimum absolute atomic E-state index is 0.244. The van der Waals surface area contributed by atoms with Gasteiger partial charge in [-0.3, -0.25) is 0 Å². The van der Waals surface area contributed by atoms with E-state index in [1.165, 1.54) is 11.5 Å². The maximum absolute atomic E-state index is 9.11. The van der Waals surface area contributed by atoms with Crippen molar-refractivity contribution in [1.82, 2.24) is 9.27 Å². The Bertz CT molecular complexity index is 442. The van der Waals surface area contributed by atoms with Crippen LogP contribution in [-0.2, 0) is 0 Å². The molecular formula is C10H13BrN4S. The summed E-state index contributed by atoms with van der Waals surface area (Å²) >= 11 is 4.59. The van der Waals surface area contributed by atoms with E-state index in [0.29, 0.717) is 15.3 Å². The molecular weight excluding hydrogens is 288 g/mol. The first-order valence-corrected chi connectivity index (χ1v) is 6.35. The van der Waals surface area contributed by atoms with E-state index in [1.807, 2.05) is 32.8 Å². The molecule has 0 atom stereocenters. The third-order valence-electron chi connectivity index (χ3n) is 1.92. The molecule has 0 N–H and O–H groups in total. The number of hydrogen-bond acceptors (Lipinski definition) is 4. The van der Waals surface area contributed by atoms with E-state index in [2.05, 4.69) is 31.4 Å². The van der Waals surface area contributed by atoms with E-state index in [-0.39, 0.29) is 5.92 Å². The molecule has 6 heteroatoms. The van der Waals surface area contributed by atoms with Gasteiger partial charge in [-0.1, -0.05) is 13.8 Å². The molecule has 0 unspecified atom stereocenters. The van der Waals surface area contributed by atoms with Crippen LogP contribution in [0.5, 0.6) is 0 Å². The quantitative estimate of drug-likeness (QED) is 0.479. The second-order valence-corrected chi connectivity index (χ2v) is 5.25. The normalized spacial score (nSPS) is 11.7. The van der Waals surface area contributed by atoms with E-state index in [9.17, 15) is 0 Å². The molecule has 0 fully saturated rings. The minimum atomic E-state index is 0.244. The molecule has 0 saturated heterocycles. The lowest BCUT2D eigenvalue weighted by molar-refractivity contribution is 0.638. The molecule has 4 nitrogen and oxygen atoms in total. The first-order valence-electron chi connectivity index (χ1n) is 4.78. The molecule has 86 valence electrons. The Morgan fingerprint density at radius 1 is 1.56 bits per heavy atom. The van der Waals surface area contributed by atoms with Crippen LogP contribution in [0.2, 0.25) is 0 Å². The predicted octanol–water partition coefficient (Wildman–Crippen LogP) is 3.08. The zero-order valence-corrected chi connectivity index (χ0v) is 12.1. The number of halogens is 1. The highest BCUT2D eigenvalue weighted by Crippen LogP contribution is 2.31. The number of rotatable bonds is 2. The van der Waals surface area contributed by atoms with E-state index >= 15 is 0 Å². The van der Waals surface area contributed by atoms with Crippen LogP contribution >= 0.6 is 27.5 Å². The number of hydrogen-bond donors (Lipinski definition) is 0. The minimum Gasteiger partial charge on any atom is -0.357 e. The van der Waals surface area contributed by atoms with Crippen molar-refractivity contribution in [2.24, 2.45) is 4.99 Å². The van der Waals surface area contributed by atoms with Crippen LogP contribution in [0.15, 0.2) is 4.99 Å². The van der Waals surface area contributed by atoms with Crippen molar-refractivity contribution < 1.29 is 0 Å². The predicted molar refractivity (Wildman–Crippen MR) is 70.6 cm³/mol. The Kier molecular flexibility index (Phi) is 4.44. The van der Waals surface area contributed by atoms with E-state index in [0.717, 1.165) is 5.69 Å². The van der Waals surface area contributed by atoms with Crippen molar-refractivity contribution in [3.63, 3.8) is 0 Å². The maximum atomic E-state index is 9.11. The van der Waals surface area contributed by atoms with Gasteiger partial charge in [0.2, 0.25) is 0 Å². The molecule has 1 heterocycles. The largest absolute Gasteiger partial charge is 0.357 e. The summed E-state index contributed by atoms with van der Waals surface area (Å²) in [6.07, 6.45) is 0. The van der Waals surface area contributed by atoms with Gasteiger partial charge in [0.15, 0.2) is 9.75 Å². The molecule has 0 spiro atoms. The Morgan fingerprint density at radius 2 is 2.19 bits per heavy atom. The van der Waals surface area contributed by atoms with E-state index in [4.69, 9.17) is 5.26 Å². The Hall–Kier alpha value is -0.930. The molecule has 0 saturated carbocycles. The molecule has 1 aromatic heterocycles. The highest BCUT2D eigenvalue weighted by Gasteiger charge is 2.16. The SMILES string of the molecule is CC(C)c1nsc(N=C(Br)N(C)C)c1C#N. The summed E-state index contributed by atoms with van der Waals surface area (Å²) in [5.74, 6) is 0.244. The molecule has 16 heavy (non-hydrogen) atoms. The van der Waals surface area contributed by atoms with Crippen molar-refractivity contribution in [1.29, 1.82) is 5.26 Å². The number of amidine groups is 1. The summed E-state index contributed by atoms with van der Waals surface area (Å²) in [7, 11) is 3.76. The smallest absolute Gasteiger partial charge is 0.173 e. The Balaban J connectivity index is 3.18. The lowest BCUT2D eigenvalue weighted by Gasteiger charge is -2.08. The summed E-state index contributed by atoms with van der Waals surface area (Å²) in [5.41, 5.74) is 1.41. The third kappa shape index (κ3) is 2.80. The first-order chi connectivity index (χ1) is 7.47. The van der Waals surface area contributed by atoms with Crippen LogP contribution in [0.3, 0.4) is 0 Å². The van der Waals surface area contributed by atoms with Gasteiger partial charge in [0.25, 0.3) is 0 Å². The van der Waals surface area contributed by atoms with E-state index in [1.54, 1.807) is 0 Å². The number of aliphatic imine (C=N–C) groups is 1. The fourth-order valence-electron chi connectivity index (χ4n) is 1.05. The van der Waals surface area contributed by atoms with Gasteiger partial charge in [-0.2, -0.15) is 9.64 Å². The fourth-order valence-corrected chi connectivity index (χ4v) is 2.20. The van der Waals surface area contributed by atoms with Crippen molar-refractivity contribution in [2.75, 3.05) is 14.1 Å². The van der Waals surface area contributed by atoms with Crippen LogP contribution in [0.4, 0.5) is 5.00 Å². The van der Waals surface area contributed by atoms with Gasteiger partial charge in [-0.25, -0.2) is 4.99 Å². The third-order valence-corrected chi connectivity index (χ3v) is 3.56. The molecule has 0 aliphatic carbocycles. The molecule has 0 aliphatic rings. The Morgan fingerprint density at radius 3 is 2.62 bits per heavy atom. The first kappa shape index (κ1) is 13.1. The van der Waals surface area contributed by atoms with Crippen molar-refractivity contribution in [3.8, 4) is 6.07 Å². The van der Waals surface area contributed by atoms with Gasteiger partial charge in [0.05, 0.1) is 5.69 Å². The van der Waals surface area contributed by atoms with Crippen molar-refractivity contribution in [2.45, 2.75) is 19.8 Å². The monoisotopic (exact) mass is 300 g/mol. The zero-order chi connectivity index (χ0) is 12.3. The number of nitrogens with zero attached hydrogens (tertiary/aromatic N) is 4. The van der Waals surface area contributed by atoms with Gasteiger partial charge in [-0.15, -0.1) is 0 Å². The van der Waals surface area contributed by atoms with Gasteiger partial charge in [0.1, 0.15) is 11.6 Å². The lowest BCUT2D eigenvalue weighted by atomic mass is 10.1. The molecule has 1 aromatic rings. The van der Waals surface area contributed by atoms with Crippen molar-refractivity contribution in [3.05, 3.63) is 11.3 Å². The fraction of sp³-hybridized carbons (Fsp3) is 0.500. The highest BCUT2D eigenvalue weighted by atomic mass is 79.9. The Labute approximate surface area is 108 Å². The number of aromatic nitrogens is 1. The van der Waals surface area contributed by atoms with Gasteiger partial charge in [-0.05, 0) is 33.4 Å². The second-order valence-electron chi connectivity index (χ2n) is 3.79. The molecule has 0 aliphatic heterocycles. The van der Waals surface area contributed by atoms with Gasteiger partial charge >= 0.3 is 0 Å². The second kappa shape index (κ2) is 5.41. The van der Waals surface area contributed by atoms with Crippen LogP contribution in [0, 0.1) is 11.3 Å².